The van der Waals surface area contributed by atoms with Crippen molar-refractivity contribution in [2.75, 3.05) is 26.3 Å². The zero-order valence-corrected chi connectivity index (χ0v) is 14.8. The Kier molecular flexibility index (Phi) is 5.99. The van der Waals surface area contributed by atoms with Crippen molar-refractivity contribution < 1.29 is 19.5 Å². The summed E-state index contributed by atoms with van der Waals surface area (Å²) in [6, 6.07) is 16.6. The molecule has 0 aromatic heterocycles. The van der Waals surface area contributed by atoms with Crippen LogP contribution in [0.4, 0.5) is 0 Å². The maximum Gasteiger partial charge on any atom is 0.275 e. The highest BCUT2D eigenvalue weighted by molar-refractivity contribution is 5.98. The van der Waals surface area contributed by atoms with Gasteiger partial charge in [0.05, 0.1) is 24.5 Å². The number of para-hydroxylation sites is 1. The summed E-state index contributed by atoms with van der Waals surface area (Å²) < 4.78 is 5.48. The molecule has 0 spiro atoms. The van der Waals surface area contributed by atoms with Crippen molar-refractivity contribution in [3.8, 4) is 5.75 Å². The number of hydrazone groups is 1. The third-order valence-corrected chi connectivity index (χ3v) is 4.58. The van der Waals surface area contributed by atoms with E-state index in [1.165, 1.54) is 11.0 Å². The Labute approximate surface area is 153 Å². The van der Waals surface area contributed by atoms with Crippen LogP contribution in [0.3, 0.4) is 0 Å². The molecule has 0 unspecified atom stereocenters. The lowest BCUT2D eigenvalue weighted by Crippen LogP contribution is -3.15. The van der Waals surface area contributed by atoms with Crippen molar-refractivity contribution in [2.24, 2.45) is 5.10 Å². The van der Waals surface area contributed by atoms with Crippen LogP contribution in [0.5, 0.6) is 5.75 Å². The maximum absolute atomic E-state index is 12.3. The zero-order valence-electron chi connectivity index (χ0n) is 14.8. The molecule has 6 nitrogen and oxygen atoms in total. The van der Waals surface area contributed by atoms with E-state index in [4.69, 9.17) is 4.74 Å². The van der Waals surface area contributed by atoms with Gasteiger partial charge < -0.3 is 14.7 Å². The van der Waals surface area contributed by atoms with Crippen LogP contribution in [0.25, 0.3) is 0 Å². The quantitative estimate of drug-likeness (QED) is 0.557. The summed E-state index contributed by atoms with van der Waals surface area (Å²) >= 11 is 0. The van der Waals surface area contributed by atoms with Gasteiger partial charge in [-0.05, 0) is 19.1 Å². The van der Waals surface area contributed by atoms with Crippen LogP contribution in [0.2, 0.25) is 0 Å². The summed E-state index contributed by atoms with van der Waals surface area (Å²) in [6.45, 7) is 5.14. The fraction of sp³-hybridized carbons (Fsp3) is 0.300. The molecule has 2 aromatic carbocycles. The lowest BCUT2D eigenvalue weighted by molar-refractivity contribution is -0.928. The van der Waals surface area contributed by atoms with Gasteiger partial charge in [0.15, 0.2) is 6.04 Å². The molecule has 1 aliphatic heterocycles. The van der Waals surface area contributed by atoms with E-state index < -0.39 is 5.91 Å². The number of phenols is 1. The molecule has 6 heteroatoms. The molecule has 1 aliphatic rings. The van der Waals surface area contributed by atoms with Gasteiger partial charge in [-0.3, -0.25) is 4.79 Å². The van der Waals surface area contributed by atoms with Gasteiger partial charge in [0.1, 0.15) is 18.8 Å². The first-order valence-electron chi connectivity index (χ1n) is 8.76. The van der Waals surface area contributed by atoms with E-state index in [0.29, 0.717) is 0 Å². The van der Waals surface area contributed by atoms with Gasteiger partial charge in [-0.15, -0.1) is 0 Å². The van der Waals surface area contributed by atoms with Crippen LogP contribution in [0, 0.1) is 0 Å². The number of ether oxygens (including phenoxy) is 1. The largest absolute Gasteiger partial charge is 0.507 e. The smallest absolute Gasteiger partial charge is 0.275 e. The molecule has 0 saturated carbocycles. The van der Waals surface area contributed by atoms with Crippen molar-refractivity contribution in [1.82, 2.24) is 5.43 Å². The Hall–Kier alpha value is -2.70. The average molecular weight is 354 g/mol. The number of aromatic hydroxyl groups is 1. The van der Waals surface area contributed by atoms with E-state index in [-0.39, 0.29) is 17.4 Å². The summed E-state index contributed by atoms with van der Waals surface area (Å²) in [5.41, 5.74) is 4.75. The molecule has 1 heterocycles. The van der Waals surface area contributed by atoms with Gasteiger partial charge in [0, 0.05) is 5.56 Å². The minimum Gasteiger partial charge on any atom is -0.507 e. The van der Waals surface area contributed by atoms with Crippen molar-refractivity contribution in [2.45, 2.75) is 13.0 Å². The predicted molar refractivity (Wildman–Crippen MR) is 99.4 cm³/mol. The van der Waals surface area contributed by atoms with E-state index in [0.717, 1.165) is 37.6 Å². The van der Waals surface area contributed by atoms with Crippen LogP contribution in [0.1, 0.15) is 28.9 Å². The normalized spacial score (nSPS) is 16.9. The number of benzene rings is 2. The first kappa shape index (κ1) is 18.1. The summed E-state index contributed by atoms with van der Waals surface area (Å²) in [7, 11) is 0. The third-order valence-electron chi connectivity index (χ3n) is 4.58. The highest BCUT2D eigenvalue weighted by atomic mass is 16.5. The molecule has 1 atom stereocenters. The molecule has 1 fully saturated rings. The average Bonchev–Trinajstić information content (AvgIpc) is 2.68. The van der Waals surface area contributed by atoms with Gasteiger partial charge in [0.25, 0.3) is 5.91 Å². The second kappa shape index (κ2) is 8.60. The Morgan fingerprint density at radius 3 is 2.46 bits per heavy atom. The topological polar surface area (TPSA) is 75.4 Å². The molecule has 2 aromatic rings. The number of morpholine rings is 1. The van der Waals surface area contributed by atoms with Crippen LogP contribution >= 0.6 is 0 Å². The highest BCUT2D eigenvalue weighted by Crippen LogP contribution is 2.15. The lowest BCUT2D eigenvalue weighted by atomic mass is 10.0. The van der Waals surface area contributed by atoms with E-state index in [9.17, 15) is 9.90 Å². The second-order valence-corrected chi connectivity index (χ2v) is 6.33. The molecule has 3 N–H and O–H groups in total. The number of carbonyl (C=O) groups is 1. The van der Waals surface area contributed by atoms with Gasteiger partial charge in [-0.25, -0.2) is 5.43 Å². The van der Waals surface area contributed by atoms with Crippen LogP contribution < -0.4 is 10.3 Å². The molecule has 136 valence electrons. The molecule has 1 saturated heterocycles. The Balaban J connectivity index is 1.80. The number of hydrogen-bond acceptors (Lipinski definition) is 4. The molecule has 0 aliphatic carbocycles. The molecule has 3 rings (SSSR count). The number of nitrogens with zero attached hydrogens (tertiary/aromatic N) is 1. The van der Waals surface area contributed by atoms with Crippen molar-refractivity contribution >= 4 is 11.6 Å². The van der Waals surface area contributed by atoms with Gasteiger partial charge in [-0.1, -0.05) is 42.5 Å². The first-order chi connectivity index (χ1) is 12.7. The Bertz CT molecular complexity index is 771. The summed E-state index contributed by atoms with van der Waals surface area (Å²) in [4.78, 5) is 13.7. The monoisotopic (exact) mass is 354 g/mol. The Morgan fingerprint density at radius 1 is 1.12 bits per heavy atom. The number of hydrogen-bond donors (Lipinski definition) is 3. The number of amides is 1. The zero-order chi connectivity index (χ0) is 18.4. The molecule has 26 heavy (non-hydrogen) atoms. The van der Waals surface area contributed by atoms with E-state index in [2.05, 4.69) is 22.7 Å². The number of nitrogens with one attached hydrogen (secondary N) is 2. The Morgan fingerprint density at radius 2 is 1.77 bits per heavy atom. The maximum atomic E-state index is 12.3. The lowest BCUT2D eigenvalue weighted by Gasteiger charge is -2.31. The summed E-state index contributed by atoms with van der Waals surface area (Å²) in [5.74, 6) is -0.484. The number of carbonyl (C=O) groups excluding carboxylic acids is 1. The van der Waals surface area contributed by atoms with Gasteiger partial charge in [0.2, 0.25) is 0 Å². The number of rotatable bonds is 5. The van der Waals surface area contributed by atoms with E-state index in [1.807, 2.05) is 25.1 Å². The third kappa shape index (κ3) is 4.28. The van der Waals surface area contributed by atoms with Crippen LogP contribution in [-0.4, -0.2) is 43.0 Å². The van der Waals surface area contributed by atoms with E-state index in [1.54, 1.807) is 18.2 Å². The molecular weight excluding hydrogens is 330 g/mol. The first-order valence-corrected chi connectivity index (χ1v) is 8.76. The summed E-state index contributed by atoms with van der Waals surface area (Å²) in [6.07, 6.45) is 0. The standard InChI is InChI=1S/C20H23N3O3/c1-15(21-22-20(25)17-9-5-6-10-18(17)24)19(16-7-3-2-4-8-16)23-11-13-26-14-12-23/h2-10,19,24H,11-14H2,1H3,(H,22,25)/p+1/b21-15-/t19-/m0/s1. The van der Waals surface area contributed by atoms with Gasteiger partial charge in [-0.2, -0.15) is 5.10 Å². The van der Waals surface area contributed by atoms with E-state index >= 15 is 0 Å². The van der Waals surface area contributed by atoms with Crippen LogP contribution in [-0.2, 0) is 4.74 Å². The minimum absolute atomic E-state index is 0.0461. The molecule has 0 bridgehead atoms. The molecular formula is C20H24N3O3+. The number of phenolic OH excluding ortho intramolecular Hbond substituents is 1. The van der Waals surface area contributed by atoms with Crippen molar-refractivity contribution in [1.29, 1.82) is 0 Å². The minimum atomic E-state index is -0.425. The van der Waals surface area contributed by atoms with Gasteiger partial charge >= 0.3 is 0 Å². The number of quaternary nitrogens is 1. The van der Waals surface area contributed by atoms with Crippen molar-refractivity contribution in [3.63, 3.8) is 0 Å². The SMILES string of the molecule is C/C(=N/NC(=O)c1ccccc1O)[C@@H](c1ccccc1)[NH+]1CCOCC1. The van der Waals surface area contributed by atoms with Crippen molar-refractivity contribution in [3.05, 3.63) is 65.7 Å². The second-order valence-electron chi connectivity index (χ2n) is 6.33. The fourth-order valence-electron chi connectivity index (χ4n) is 3.27. The predicted octanol–water partition coefficient (Wildman–Crippen LogP) is 1.15. The summed E-state index contributed by atoms with van der Waals surface area (Å²) in [5, 5.41) is 14.1. The fourth-order valence-corrected chi connectivity index (χ4v) is 3.27. The molecule has 1 amide bonds. The highest BCUT2D eigenvalue weighted by Gasteiger charge is 2.29. The van der Waals surface area contributed by atoms with Crippen LogP contribution in [0.15, 0.2) is 59.7 Å². The molecule has 0 radical (unpaired) electrons.